The van der Waals surface area contributed by atoms with E-state index in [1.165, 1.54) is 22.8 Å². The molecule has 1 atom stereocenters. The lowest BCUT2D eigenvalue weighted by molar-refractivity contribution is -0.145. The number of fused-ring (bicyclic) bond motifs is 1. The van der Waals surface area contributed by atoms with Gasteiger partial charge in [0.25, 0.3) is 0 Å². The number of hydrogen-bond donors (Lipinski definition) is 2. The normalized spacial score (nSPS) is 17.3. The quantitative estimate of drug-likeness (QED) is 0.484. The number of halogens is 6. The second kappa shape index (κ2) is 9.06. The minimum atomic E-state index is -4.86. The summed E-state index contributed by atoms with van der Waals surface area (Å²) in [6.07, 6.45) is -9.51. The molecule has 35 heavy (non-hydrogen) atoms. The van der Waals surface area contributed by atoms with Gasteiger partial charge in [-0.15, -0.1) is 0 Å². The van der Waals surface area contributed by atoms with Crippen LogP contribution in [0.3, 0.4) is 0 Å². The Morgan fingerprint density at radius 3 is 2.34 bits per heavy atom. The van der Waals surface area contributed by atoms with Crippen LogP contribution in [0.1, 0.15) is 41.2 Å². The number of alkyl halides is 6. The first-order valence-electron chi connectivity index (χ1n) is 10.7. The average molecular weight is 504 g/mol. The topological polar surface area (TPSA) is 96.6 Å². The maximum atomic E-state index is 13.5. The van der Waals surface area contributed by atoms with E-state index in [-0.39, 0.29) is 47.4 Å². The second-order valence-corrected chi connectivity index (χ2v) is 8.31. The highest BCUT2D eigenvalue weighted by atomic mass is 19.4. The predicted molar refractivity (Wildman–Crippen MR) is 112 cm³/mol. The van der Waals surface area contributed by atoms with Crippen LogP contribution >= 0.6 is 0 Å². The molecule has 2 amide bonds. The highest BCUT2D eigenvalue weighted by Gasteiger charge is 2.39. The van der Waals surface area contributed by atoms with Gasteiger partial charge in [-0.25, -0.2) is 14.8 Å². The number of urea groups is 1. The monoisotopic (exact) mass is 504 g/mol. The second-order valence-electron chi connectivity index (χ2n) is 8.31. The van der Waals surface area contributed by atoms with Crippen LogP contribution in [0.25, 0.3) is 0 Å². The predicted octanol–water partition coefficient (Wildman–Crippen LogP) is 4.04. The van der Waals surface area contributed by atoms with E-state index in [0.717, 1.165) is 12.1 Å². The van der Waals surface area contributed by atoms with E-state index in [9.17, 15) is 31.1 Å². The number of carbonyl (C=O) groups excluding carboxylic acids is 1. The molecule has 14 heteroatoms. The standard InChI is InChI=1S/C21H22F6N6O2/c1-11(12-6-13(20(22,23)24)8-14(28)7-12)29-17-15-9-33(19(34)32-2-4-35-5-3-32)10-16(15)30-18(31-17)21(25,26)27/h6-8,11H,2-5,9-10,28H2,1H3,(H,29,30,31)/t11-/m1/s1. The summed E-state index contributed by atoms with van der Waals surface area (Å²) in [5.74, 6) is -1.61. The first-order chi connectivity index (χ1) is 16.3. The van der Waals surface area contributed by atoms with Gasteiger partial charge in [-0.3, -0.25) is 0 Å². The van der Waals surface area contributed by atoms with E-state index in [4.69, 9.17) is 10.5 Å². The maximum Gasteiger partial charge on any atom is 0.451 e. The van der Waals surface area contributed by atoms with E-state index >= 15 is 0 Å². The number of ether oxygens (including phenoxy) is 1. The zero-order chi connectivity index (χ0) is 25.5. The molecule has 0 aliphatic carbocycles. The van der Waals surface area contributed by atoms with E-state index in [1.54, 1.807) is 0 Å². The fraction of sp³-hybridized carbons (Fsp3) is 0.476. The Bertz CT molecular complexity index is 1120. The van der Waals surface area contributed by atoms with Gasteiger partial charge in [0, 0.05) is 24.3 Å². The third-order valence-corrected chi connectivity index (χ3v) is 5.75. The summed E-state index contributed by atoms with van der Waals surface area (Å²) in [6, 6.07) is 1.69. The van der Waals surface area contributed by atoms with Crippen LogP contribution < -0.4 is 11.1 Å². The SMILES string of the molecule is C[C@@H](Nc1nc(C(F)(F)F)nc2c1CN(C(=O)N1CCOCC1)C2)c1cc(N)cc(C(F)(F)F)c1. The molecule has 1 aromatic heterocycles. The zero-order valence-corrected chi connectivity index (χ0v) is 18.5. The van der Waals surface area contributed by atoms with Gasteiger partial charge in [-0.1, -0.05) is 0 Å². The van der Waals surface area contributed by atoms with Crippen molar-refractivity contribution in [2.45, 2.75) is 38.4 Å². The summed E-state index contributed by atoms with van der Waals surface area (Å²) >= 11 is 0. The number of anilines is 2. The largest absolute Gasteiger partial charge is 0.451 e. The number of nitrogens with zero attached hydrogens (tertiary/aromatic N) is 4. The average Bonchev–Trinajstić information content (AvgIpc) is 3.22. The first kappa shape index (κ1) is 24.8. The molecule has 0 spiro atoms. The van der Waals surface area contributed by atoms with E-state index in [1.807, 2.05) is 0 Å². The van der Waals surface area contributed by atoms with Gasteiger partial charge in [0.1, 0.15) is 5.82 Å². The van der Waals surface area contributed by atoms with Gasteiger partial charge in [-0.05, 0) is 30.7 Å². The smallest absolute Gasteiger partial charge is 0.399 e. The van der Waals surface area contributed by atoms with E-state index in [0.29, 0.717) is 26.3 Å². The van der Waals surface area contributed by atoms with Gasteiger partial charge in [0.15, 0.2) is 0 Å². The minimum Gasteiger partial charge on any atom is -0.399 e. The van der Waals surface area contributed by atoms with Crippen LogP contribution in [0.5, 0.6) is 0 Å². The van der Waals surface area contributed by atoms with Crippen molar-refractivity contribution in [2.24, 2.45) is 0 Å². The van der Waals surface area contributed by atoms with Gasteiger partial charge < -0.3 is 25.6 Å². The molecule has 4 rings (SSSR count). The number of carbonyl (C=O) groups is 1. The third kappa shape index (κ3) is 5.36. The van der Waals surface area contributed by atoms with E-state index < -0.39 is 29.8 Å². The first-order valence-corrected chi connectivity index (χ1v) is 10.7. The number of nitrogen functional groups attached to an aromatic ring is 1. The van der Waals surface area contributed by atoms with Gasteiger partial charge >= 0.3 is 18.4 Å². The number of aromatic nitrogens is 2. The summed E-state index contributed by atoms with van der Waals surface area (Å²) in [4.78, 5) is 23.0. The zero-order valence-electron chi connectivity index (χ0n) is 18.5. The molecule has 0 unspecified atom stereocenters. The number of nitrogens with one attached hydrogen (secondary N) is 1. The molecular formula is C21H22F6N6O2. The summed E-state index contributed by atoms with van der Waals surface area (Å²) in [5.41, 5.74) is 4.90. The molecular weight excluding hydrogens is 482 g/mol. The minimum absolute atomic E-state index is 0.0205. The molecule has 0 saturated carbocycles. The molecule has 2 aromatic rings. The van der Waals surface area contributed by atoms with Crippen molar-refractivity contribution >= 4 is 17.5 Å². The molecule has 2 aliphatic rings. The van der Waals surface area contributed by atoms with Gasteiger partial charge in [0.05, 0.1) is 43.6 Å². The number of hydrogen-bond acceptors (Lipinski definition) is 6. The lowest BCUT2D eigenvalue weighted by Gasteiger charge is -2.30. The van der Waals surface area contributed by atoms with Crippen molar-refractivity contribution in [3.05, 3.63) is 46.4 Å². The Kier molecular flexibility index (Phi) is 6.42. The molecule has 190 valence electrons. The molecule has 1 aromatic carbocycles. The molecule has 0 bridgehead atoms. The van der Waals surface area contributed by atoms with Gasteiger partial charge in [-0.2, -0.15) is 26.3 Å². The summed E-state index contributed by atoms with van der Waals surface area (Å²) in [5, 5.41) is 2.77. The highest BCUT2D eigenvalue weighted by Crippen LogP contribution is 2.36. The lowest BCUT2D eigenvalue weighted by atomic mass is 10.0. The molecule has 8 nitrogen and oxygen atoms in total. The molecule has 2 aliphatic heterocycles. The van der Waals surface area contributed by atoms with Crippen LogP contribution in [0.4, 0.5) is 42.6 Å². The Hall–Kier alpha value is -3.29. The van der Waals surface area contributed by atoms with Gasteiger partial charge in [0.2, 0.25) is 5.82 Å². The Morgan fingerprint density at radius 2 is 1.71 bits per heavy atom. The molecule has 3 heterocycles. The molecule has 3 N–H and O–H groups in total. The number of morpholine rings is 1. The number of rotatable bonds is 3. The van der Waals surface area contributed by atoms with Crippen molar-refractivity contribution in [1.82, 2.24) is 19.8 Å². The third-order valence-electron chi connectivity index (χ3n) is 5.75. The van der Waals surface area contributed by atoms with Crippen molar-refractivity contribution in [3.8, 4) is 0 Å². The van der Waals surface area contributed by atoms with Crippen molar-refractivity contribution in [2.75, 3.05) is 37.4 Å². The van der Waals surface area contributed by atoms with Crippen molar-refractivity contribution in [1.29, 1.82) is 0 Å². The number of amides is 2. The summed E-state index contributed by atoms with van der Waals surface area (Å²) in [7, 11) is 0. The number of benzene rings is 1. The summed E-state index contributed by atoms with van der Waals surface area (Å²) < 4.78 is 85.3. The van der Waals surface area contributed by atoms with Crippen molar-refractivity contribution < 1.29 is 35.9 Å². The van der Waals surface area contributed by atoms with Crippen LogP contribution in [0.2, 0.25) is 0 Å². The van der Waals surface area contributed by atoms with Crippen LogP contribution in [-0.4, -0.2) is 52.1 Å². The van der Waals surface area contributed by atoms with E-state index in [2.05, 4.69) is 15.3 Å². The van der Waals surface area contributed by atoms with Crippen LogP contribution in [0, 0.1) is 0 Å². The maximum absolute atomic E-state index is 13.5. The fourth-order valence-electron chi connectivity index (χ4n) is 3.97. The fourth-order valence-corrected chi connectivity index (χ4v) is 3.97. The Balaban J connectivity index is 1.64. The Morgan fingerprint density at radius 1 is 1.03 bits per heavy atom. The van der Waals surface area contributed by atoms with Crippen molar-refractivity contribution in [3.63, 3.8) is 0 Å². The summed E-state index contributed by atoms with van der Waals surface area (Å²) in [6.45, 7) is 2.68. The Labute approximate surface area is 196 Å². The molecule has 0 radical (unpaired) electrons. The molecule has 1 fully saturated rings. The number of nitrogens with two attached hydrogens (primary N) is 1. The lowest BCUT2D eigenvalue weighted by Crippen LogP contribution is -2.46. The van der Waals surface area contributed by atoms with Crippen LogP contribution in [0.15, 0.2) is 18.2 Å². The molecule has 1 saturated heterocycles. The van der Waals surface area contributed by atoms with Crippen LogP contribution in [-0.2, 0) is 30.2 Å². The highest BCUT2D eigenvalue weighted by molar-refractivity contribution is 5.76.